The second-order valence-corrected chi connectivity index (χ2v) is 11.4. The van der Waals surface area contributed by atoms with Gasteiger partial charge >= 0.3 is 0 Å². The van der Waals surface area contributed by atoms with Gasteiger partial charge in [0.25, 0.3) is 0 Å². The van der Waals surface area contributed by atoms with Crippen LogP contribution in [0.5, 0.6) is 0 Å². The highest BCUT2D eigenvalue weighted by Gasteiger charge is 2.29. The van der Waals surface area contributed by atoms with Gasteiger partial charge in [-0.1, -0.05) is 103 Å². The van der Waals surface area contributed by atoms with Crippen LogP contribution in [0.2, 0.25) is 0 Å². The highest BCUT2D eigenvalue weighted by atomic mass is 16.3. The van der Waals surface area contributed by atoms with E-state index in [2.05, 4.69) is 94.1 Å². The highest BCUT2D eigenvalue weighted by Crippen LogP contribution is 2.40. The number of nitrogens with one attached hydrogen (secondary N) is 2. The summed E-state index contributed by atoms with van der Waals surface area (Å²) in [6.45, 7) is 0. The van der Waals surface area contributed by atoms with Crippen molar-refractivity contribution in [2.75, 3.05) is 0 Å². The van der Waals surface area contributed by atoms with Crippen LogP contribution in [-0.2, 0) is 0 Å². The number of benzene rings is 5. The number of allylic oxidation sites excluding steroid dienone is 2. The van der Waals surface area contributed by atoms with Crippen LogP contribution in [0.3, 0.4) is 0 Å². The van der Waals surface area contributed by atoms with Crippen molar-refractivity contribution >= 4 is 43.7 Å². The Kier molecular flexibility index (Phi) is 6.53. The first-order chi connectivity index (χ1) is 21.7. The fourth-order valence-electron chi connectivity index (χ4n) is 6.64. The topological polar surface area (TPSA) is 94.2 Å². The van der Waals surface area contributed by atoms with Crippen LogP contribution in [0.25, 0.3) is 43.7 Å². The van der Waals surface area contributed by atoms with E-state index < -0.39 is 6.17 Å². The second kappa shape index (κ2) is 10.8. The van der Waals surface area contributed by atoms with Gasteiger partial charge in [-0.05, 0) is 47.5 Å². The third-order valence-electron chi connectivity index (χ3n) is 8.78. The molecule has 4 atom stereocenters. The molecule has 6 heteroatoms. The van der Waals surface area contributed by atoms with Gasteiger partial charge in [0.2, 0.25) is 0 Å². The zero-order valence-electron chi connectivity index (χ0n) is 24.1. The average molecular weight is 576 g/mol. The summed E-state index contributed by atoms with van der Waals surface area (Å²) in [5.74, 6) is 0. The van der Waals surface area contributed by atoms with E-state index in [4.69, 9.17) is 15.9 Å². The minimum Gasteiger partial charge on any atom is -0.455 e. The summed E-state index contributed by atoms with van der Waals surface area (Å²) in [6, 6.07) is 40.8. The van der Waals surface area contributed by atoms with Crippen LogP contribution in [0.4, 0.5) is 0 Å². The lowest BCUT2D eigenvalue weighted by atomic mass is 9.95. The maximum atomic E-state index is 7.00. The predicted molar refractivity (Wildman–Crippen MR) is 180 cm³/mol. The number of rotatable bonds is 7. The van der Waals surface area contributed by atoms with E-state index in [1.165, 1.54) is 0 Å². The second-order valence-electron chi connectivity index (χ2n) is 11.4. The van der Waals surface area contributed by atoms with Gasteiger partial charge in [-0.25, -0.2) is 0 Å². The summed E-state index contributed by atoms with van der Waals surface area (Å²) in [6.07, 6.45) is 5.81. The first kappa shape index (κ1) is 26.5. The number of furan rings is 1. The first-order valence-electron chi connectivity index (χ1n) is 15.0. The Labute approximate surface area is 255 Å². The number of para-hydroxylation sites is 2. The Morgan fingerprint density at radius 2 is 1.36 bits per heavy atom. The van der Waals surface area contributed by atoms with Crippen molar-refractivity contribution in [2.24, 2.45) is 11.5 Å². The monoisotopic (exact) mass is 575 g/mol. The molecule has 7 aromatic rings. The zero-order valence-corrected chi connectivity index (χ0v) is 24.1. The molecule has 0 spiro atoms. The highest BCUT2D eigenvalue weighted by molar-refractivity contribution is 6.23. The number of nitrogens with two attached hydrogens (primary N) is 2. The number of hydrogen-bond donors (Lipinski definition) is 4. The molecule has 6 nitrogen and oxygen atoms in total. The Bertz CT molecular complexity index is 2180. The fourth-order valence-corrected chi connectivity index (χ4v) is 6.64. The van der Waals surface area contributed by atoms with Gasteiger partial charge < -0.3 is 25.8 Å². The van der Waals surface area contributed by atoms with E-state index in [9.17, 15) is 0 Å². The van der Waals surface area contributed by atoms with E-state index in [1.54, 1.807) is 0 Å². The Morgan fingerprint density at radius 3 is 2.16 bits per heavy atom. The summed E-state index contributed by atoms with van der Waals surface area (Å²) in [7, 11) is 0. The molecule has 6 N–H and O–H groups in total. The SMILES string of the molecule is NC(NC(C1=CC=CC(n2c3ccccc3c3c4oc5ccccc5c4ccc32)N1)[C@@H](N)c1ccccc1)c1ccccc1. The summed E-state index contributed by atoms with van der Waals surface area (Å²) < 4.78 is 8.85. The van der Waals surface area contributed by atoms with Crippen LogP contribution in [0.15, 0.2) is 150 Å². The van der Waals surface area contributed by atoms with Crippen LogP contribution >= 0.6 is 0 Å². The summed E-state index contributed by atoms with van der Waals surface area (Å²) >= 11 is 0. The molecule has 0 radical (unpaired) electrons. The lowest BCUT2D eigenvalue weighted by Gasteiger charge is -2.35. The lowest BCUT2D eigenvalue weighted by molar-refractivity contribution is 0.393. The number of aromatic nitrogens is 1. The third-order valence-corrected chi connectivity index (χ3v) is 8.78. The Balaban J connectivity index is 1.22. The van der Waals surface area contributed by atoms with Crippen LogP contribution in [0, 0.1) is 0 Å². The van der Waals surface area contributed by atoms with Crippen LogP contribution < -0.4 is 22.1 Å². The van der Waals surface area contributed by atoms with E-state index in [-0.39, 0.29) is 18.2 Å². The molecule has 1 aliphatic rings. The summed E-state index contributed by atoms with van der Waals surface area (Å²) in [5.41, 5.74) is 20.7. The van der Waals surface area contributed by atoms with Gasteiger partial charge in [0, 0.05) is 21.9 Å². The van der Waals surface area contributed by atoms with Crippen molar-refractivity contribution in [2.45, 2.75) is 24.4 Å². The normalized spacial score (nSPS) is 17.1. The van der Waals surface area contributed by atoms with Crippen LogP contribution in [-0.4, -0.2) is 10.6 Å². The predicted octanol–water partition coefficient (Wildman–Crippen LogP) is 7.55. The minimum atomic E-state index is -0.405. The zero-order chi connectivity index (χ0) is 29.6. The van der Waals surface area contributed by atoms with Crippen molar-refractivity contribution in [3.05, 3.63) is 156 Å². The standard InChI is InChI=1S/C38H33N5O/c39-35(24-12-3-1-4-13-24)36(42-38(40)25-14-5-2-6-15-25)29-18-11-21-33(41-29)43-30-19-9-7-17-28(30)34-31(43)23-22-27-26-16-8-10-20-32(26)44-37(27)34/h1-23,33,35-36,38,41-42H,39-40H2/t33?,35-,36?,38?/m0/s1. The first-order valence-corrected chi connectivity index (χ1v) is 15.0. The Morgan fingerprint density at radius 1 is 0.682 bits per heavy atom. The van der Waals surface area contributed by atoms with Gasteiger partial charge in [-0.3, -0.25) is 5.32 Å². The van der Waals surface area contributed by atoms with Crippen LogP contribution in [0.1, 0.15) is 29.5 Å². The third kappa shape index (κ3) is 4.39. The Hall–Kier alpha value is -5.14. The van der Waals surface area contributed by atoms with E-state index in [1.807, 2.05) is 60.7 Å². The largest absolute Gasteiger partial charge is 0.455 e. The maximum absolute atomic E-state index is 7.00. The van der Waals surface area contributed by atoms with E-state index >= 15 is 0 Å². The molecule has 0 aliphatic carbocycles. The number of dihydropyridines is 1. The number of nitrogens with zero attached hydrogens (tertiary/aromatic N) is 1. The van der Waals surface area contributed by atoms with Gasteiger partial charge in [-0.2, -0.15) is 0 Å². The van der Waals surface area contributed by atoms with Gasteiger partial charge in [0.1, 0.15) is 17.3 Å². The van der Waals surface area contributed by atoms with Crippen molar-refractivity contribution < 1.29 is 4.42 Å². The van der Waals surface area contributed by atoms with Gasteiger partial charge in [0.05, 0.1) is 34.7 Å². The van der Waals surface area contributed by atoms with Crippen molar-refractivity contribution in [3.63, 3.8) is 0 Å². The molecule has 0 fully saturated rings. The molecule has 3 heterocycles. The molecule has 0 saturated carbocycles. The maximum Gasteiger partial charge on any atom is 0.145 e. The van der Waals surface area contributed by atoms with E-state index in [0.29, 0.717) is 0 Å². The molecular weight excluding hydrogens is 542 g/mol. The molecule has 44 heavy (non-hydrogen) atoms. The molecule has 1 aliphatic heterocycles. The molecule has 216 valence electrons. The summed E-state index contributed by atoms with van der Waals surface area (Å²) in [4.78, 5) is 0. The number of fused-ring (bicyclic) bond motifs is 7. The smallest absolute Gasteiger partial charge is 0.145 e. The van der Waals surface area contributed by atoms with Gasteiger partial charge in [0.15, 0.2) is 0 Å². The van der Waals surface area contributed by atoms with Crippen molar-refractivity contribution in [1.82, 2.24) is 15.2 Å². The fraction of sp³-hybridized carbons (Fsp3) is 0.105. The molecule has 2 aromatic heterocycles. The van der Waals surface area contributed by atoms with Gasteiger partial charge in [-0.15, -0.1) is 0 Å². The molecular formula is C38H33N5O. The quantitative estimate of drug-likeness (QED) is 0.147. The van der Waals surface area contributed by atoms with E-state index in [0.717, 1.165) is 60.6 Å². The molecule has 8 rings (SSSR count). The van der Waals surface area contributed by atoms with Crippen molar-refractivity contribution in [1.29, 1.82) is 0 Å². The summed E-state index contributed by atoms with van der Waals surface area (Å²) in [5, 5.41) is 12.0. The molecule has 3 unspecified atom stereocenters. The molecule has 0 bridgehead atoms. The molecule has 5 aromatic carbocycles. The number of hydrogen-bond acceptors (Lipinski definition) is 5. The molecule has 0 saturated heterocycles. The average Bonchev–Trinajstić information content (AvgIpc) is 3.63. The minimum absolute atomic E-state index is 0.167. The molecule has 0 amide bonds. The lowest BCUT2D eigenvalue weighted by Crippen LogP contribution is -2.49. The van der Waals surface area contributed by atoms with Crippen molar-refractivity contribution in [3.8, 4) is 0 Å².